The third kappa shape index (κ3) is 14.8. The molecule has 0 N–H and O–H groups in total. The van der Waals surface area contributed by atoms with Crippen molar-refractivity contribution < 1.29 is 53.9 Å². The number of rotatable bonds is 8. The van der Waals surface area contributed by atoms with Crippen molar-refractivity contribution in [2.24, 2.45) is 28.2 Å². The number of benzene rings is 4. The highest BCUT2D eigenvalue weighted by Gasteiger charge is 2.18. The summed E-state index contributed by atoms with van der Waals surface area (Å²) >= 11 is 0. The van der Waals surface area contributed by atoms with Gasteiger partial charge in [0.2, 0.25) is 22.8 Å². The number of hydrogen-bond donors (Lipinski definition) is 0. The van der Waals surface area contributed by atoms with Gasteiger partial charge in [0.25, 0.3) is 0 Å². The fourth-order valence-electron chi connectivity index (χ4n) is 8.45. The first-order valence-electron chi connectivity index (χ1n) is 37.0. The molecule has 3 atom stereocenters. The molecule has 0 radical (unpaired) electrons. The van der Waals surface area contributed by atoms with Gasteiger partial charge in [-0.05, 0) is 174 Å². The summed E-state index contributed by atoms with van der Waals surface area (Å²) in [4.78, 5) is 0. The van der Waals surface area contributed by atoms with Crippen LogP contribution in [-0.4, -0.2) is 0 Å². The zero-order chi connectivity index (χ0) is 76.1. The van der Waals surface area contributed by atoms with Gasteiger partial charge in [-0.25, -0.2) is 18.3 Å². The van der Waals surface area contributed by atoms with Crippen molar-refractivity contribution in [2.45, 2.75) is 141 Å². The molecule has 8 rings (SSSR count). The number of nitrogens with zero attached hydrogens (tertiary/aromatic N) is 4. The van der Waals surface area contributed by atoms with Crippen molar-refractivity contribution in [1.82, 2.24) is 0 Å². The zero-order valence-corrected chi connectivity index (χ0v) is 45.0. The maximum atomic E-state index is 8.25. The third-order valence-electron chi connectivity index (χ3n) is 12.8. The minimum absolute atomic E-state index is 0.303. The van der Waals surface area contributed by atoms with Crippen LogP contribution in [0.3, 0.4) is 0 Å². The molecule has 8 aromatic rings. The largest absolute Gasteiger partial charge is 0.212 e. The highest BCUT2D eigenvalue weighted by Crippen LogP contribution is 2.28. The van der Waals surface area contributed by atoms with Crippen LogP contribution in [0, 0.1) is 68.9 Å². The first kappa shape index (κ1) is 30.6. The normalized spacial score (nSPS) is 20.0. The number of hydrogen-bond acceptors (Lipinski definition) is 0. The minimum Gasteiger partial charge on any atom is -0.201 e. The smallest absolute Gasteiger partial charge is 0.201 e. The molecule has 4 nitrogen and oxygen atoms in total. The maximum absolute atomic E-state index is 8.25. The Morgan fingerprint density at radius 3 is 1.12 bits per heavy atom. The summed E-state index contributed by atoms with van der Waals surface area (Å²) in [6.07, 6.45) is 5.25. The SMILES string of the molecule is [2H]C([2H])([2H])C([2H])(C)c1ccc(-c2ccc(C([2H])(C)C([2H])([2H])[2H])c[n+]2C)c(C)c1.[2H]C([2H])([2H])c1c[n+](C)c(-c2ccc(C([2H])(C)C([2H])([2H])[2H])cc2C)cc1C.[2H]C([2H])([2H])c1ccc(-c2cc(C)c(C([2H])([2H])[2H])c[n+]2C)c(C)c1.[2H]C([2H])([2H])c1ccc(-c2ccc(C([2H])([2H])C)c[n+]2C)c(C)c1. The summed E-state index contributed by atoms with van der Waals surface area (Å²) in [6, 6.07) is 31.2. The van der Waals surface area contributed by atoms with Crippen molar-refractivity contribution in [2.75, 3.05) is 0 Å². The average molecular weight is 1000 g/mol. The van der Waals surface area contributed by atoms with Crippen LogP contribution in [-0.2, 0) is 34.6 Å². The van der Waals surface area contributed by atoms with Crippen LogP contribution in [0.25, 0.3) is 45.0 Å². The van der Waals surface area contributed by atoms with Crippen molar-refractivity contribution in [1.29, 1.82) is 0 Å². The molecule has 0 aliphatic heterocycles. The Morgan fingerprint density at radius 2 is 0.753 bits per heavy atom. The van der Waals surface area contributed by atoms with Gasteiger partial charge in [-0.3, -0.25) is 0 Å². The van der Waals surface area contributed by atoms with E-state index in [2.05, 4.69) is 0 Å². The summed E-state index contributed by atoms with van der Waals surface area (Å²) < 4.78 is 206. The topological polar surface area (TPSA) is 15.5 Å². The molecular weight excluding hydrogens is 885 g/mol. The molecule has 0 bridgehead atoms. The molecule has 3 unspecified atom stereocenters. The molecule has 0 aliphatic rings. The summed E-state index contributed by atoms with van der Waals surface area (Å²) in [7, 11) is 7.22. The Morgan fingerprint density at radius 1 is 0.384 bits per heavy atom. The summed E-state index contributed by atoms with van der Waals surface area (Å²) in [5.41, 5.74) is 14.8. The lowest BCUT2D eigenvalue weighted by atomic mass is 9.95. The molecule has 4 aromatic carbocycles. The van der Waals surface area contributed by atoms with Crippen LogP contribution in [0.5, 0.6) is 0 Å². The standard InChI is InChI=1S/C19H26N.C18H24N.2C16H20N/c1-13(2)16-7-9-18(15(5)11-16)19-10-8-17(14(3)4)12-20(19)6;1-12(2)16-7-8-17(14(4)9-16)18-10-13(3)15(5)11-19(18)6;1-11-6-7-15(13(3)8-11)16-9-12(2)14(4)10-17(16)5;1-5-14-7-9-16(17(4)11-14)15-8-6-12(2)10-13(15)3/h7-14H,1-6H3;7-12H,1-6H3;6-10H,1-5H3;6-11H,5H2,1-4H3/q4*+1/i1D3,3D3,13D,14D;1D3,5D3,12D;1D3,4D3;2D3,5D2. The number of aromatic nitrogens is 4. The van der Waals surface area contributed by atoms with Gasteiger partial charge >= 0.3 is 0 Å². The van der Waals surface area contributed by atoms with Crippen LogP contribution in [0.15, 0.2) is 134 Å². The van der Waals surface area contributed by atoms with Crippen molar-refractivity contribution >= 4 is 0 Å². The monoisotopic (exact) mass is 1000 g/mol. The Hall–Kier alpha value is -6.52. The highest BCUT2D eigenvalue weighted by molar-refractivity contribution is 5.65. The first-order chi connectivity index (χ1) is 44.6. The molecule has 0 amide bonds. The van der Waals surface area contributed by atoms with E-state index in [4.69, 9.17) is 35.6 Å². The predicted octanol–water partition coefficient (Wildman–Crippen LogP) is 15.7. The van der Waals surface area contributed by atoms with Crippen LogP contribution in [0.1, 0.15) is 179 Å². The fraction of sp³-hybridized carbons (Fsp3) is 0.362. The van der Waals surface area contributed by atoms with E-state index in [9.17, 15) is 0 Å². The van der Waals surface area contributed by atoms with E-state index in [1.54, 1.807) is 158 Å². The Kier molecular flexibility index (Phi) is 10.7. The van der Waals surface area contributed by atoms with E-state index >= 15 is 0 Å². The lowest BCUT2D eigenvalue weighted by Gasteiger charge is -2.11. The summed E-state index contributed by atoms with van der Waals surface area (Å²) in [5.74, 6) is -5.14. The second kappa shape index (κ2) is 25.4. The summed E-state index contributed by atoms with van der Waals surface area (Å²) in [5, 5.41) is 0. The second-order valence-corrected chi connectivity index (χ2v) is 18.8. The molecule has 73 heavy (non-hydrogen) atoms. The molecule has 4 heterocycles. The summed E-state index contributed by atoms with van der Waals surface area (Å²) in [6.45, 7) is 0.788. The zero-order valence-electron chi connectivity index (χ0n) is 71.0. The molecule has 382 valence electrons. The molecule has 0 fully saturated rings. The molecule has 4 heteroatoms. The average Bonchev–Trinajstić information content (AvgIpc) is 0.792. The van der Waals surface area contributed by atoms with E-state index in [1.807, 2.05) is 63.6 Å². The number of pyridine rings is 4. The van der Waals surface area contributed by atoms with Crippen LogP contribution in [0.4, 0.5) is 0 Å². The second-order valence-electron chi connectivity index (χ2n) is 18.8. The minimum atomic E-state index is -2.45. The lowest BCUT2D eigenvalue weighted by molar-refractivity contribution is -0.661. The Labute approximate surface area is 479 Å². The molecule has 0 spiro atoms. The van der Waals surface area contributed by atoms with E-state index in [0.29, 0.717) is 55.6 Å². The van der Waals surface area contributed by atoms with Gasteiger partial charge in [0, 0.05) is 104 Å². The van der Waals surface area contributed by atoms with Crippen molar-refractivity contribution in [3.05, 3.63) is 212 Å². The third-order valence-corrected chi connectivity index (χ3v) is 12.8. The fourth-order valence-corrected chi connectivity index (χ4v) is 8.45. The van der Waals surface area contributed by atoms with Crippen molar-refractivity contribution in [3.63, 3.8) is 0 Å². The molecule has 0 saturated carbocycles. The van der Waals surface area contributed by atoms with Crippen molar-refractivity contribution in [3.8, 4) is 45.0 Å². The predicted molar refractivity (Wildman–Crippen MR) is 311 cm³/mol. The van der Waals surface area contributed by atoms with Gasteiger partial charge in [-0.1, -0.05) is 108 Å². The first-order valence-corrected chi connectivity index (χ1v) is 24.0. The van der Waals surface area contributed by atoms with Gasteiger partial charge in [0.1, 0.15) is 28.2 Å². The van der Waals surface area contributed by atoms with Gasteiger partial charge in [0.15, 0.2) is 24.8 Å². The van der Waals surface area contributed by atoms with E-state index < -0.39 is 72.0 Å². The van der Waals surface area contributed by atoms with Crippen LogP contribution in [0.2, 0.25) is 0 Å². The van der Waals surface area contributed by atoms with Gasteiger partial charge in [-0.2, -0.15) is 0 Å². The Bertz CT molecular complexity index is 4100. The Balaban J connectivity index is 0.000000239. The van der Waals surface area contributed by atoms with Crippen LogP contribution >= 0.6 is 0 Å². The van der Waals surface area contributed by atoms with E-state index in [1.165, 1.54) is 27.7 Å². The van der Waals surface area contributed by atoms with E-state index in [0.717, 1.165) is 67.3 Å². The molecule has 0 saturated heterocycles. The van der Waals surface area contributed by atoms with Gasteiger partial charge in [-0.15, -0.1) is 0 Å². The molecule has 0 aliphatic carbocycles. The quantitative estimate of drug-likeness (QED) is 0.135. The number of aryl methyl sites for hydroxylation is 15. The van der Waals surface area contributed by atoms with E-state index in [-0.39, 0.29) is 0 Å². The molecular formula is C69H90N4+4. The lowest BCUT2D eigenvalue weighted by Crippen LogP contribution is -2.31. The van der Waals surface area contributed by atoms with Gasteiger partial charge < -0.3 is 0 Å². The van der Waals surface area contributed by atoms with Crippen LogP contribution < -0.4 is 18.3 Å². The molecule has 4 aromatic heterocycles. The maximum Gasteiger partial charge on any atom is 0.212 e. The van der Waals surface area contributed by atoms with Gasteiger partial charge in [0.05, 0.1) is 0 Å². The highest BCUT2D eigenvalue weighted by atomic mass is 14.9.